The van der Waals surface area contributed by atoms with Gasteiger partial charge in [-0.25, -0.2) is 0 Å². The van der Waals surface area contributed by atoms with E-state index in [9.17, 15) is 4.79 Å². The summed E-state index contributed by atoms with van der Waals surface area (Å²) in [5.41, 5.74) is 0.924. The second-order valence-corrected chi connectivity index (χ2v) is 6.81. The van der Waals surface area contributed by atoms with Gasteiger partial charge in [0, 0.05) is 35.2 Å². The van der Waals surface area contributed by atoms with Gasteiger partial charge in [-0.1, -0.05) is 6.07 Å². The number of aromatic nitrogens is 2. The molecule has 0 spiro atoms. The van der Waals surface area contributed by atoms with Crippen LogP contribution < -0.4 is 0 Å². The molecule has 0 N–H and O–H groups in total. The molecule has 0 radical (unpaired) electrons. The van der Waals surface area contributed by atoms with Crippen molar-refractivity contribution in [1.29, 1.82) is 0 Å². The minimum absolute atomic E-state index is 0.108. The van der Waals surface area contributed by atoms with E-state index in [1.54, 1.807) is 22.7 Å². The molecule has 0 aromatic carbocycles. The fraction of sp³-hybridized carbons (Fsp3) is 0.312. The Hall–Kier alpha value is -1.99. The maximum absolute atomic E-state index is 12.4. The summed E-state index contributed by atoms with van der Waals surface area (Å²) in [7, 11) is 0. The molecule has 5 nitrogen and oxygen atoms in total. The van der Waals surface area contributed by atoms with E-state index in [4.69, 9.17) is 4.42 Å². The summed E-state index contributed by atoms with van der Waals surface area (Å²) in [5.74, 6) is 1.13. The maximum atomic E-state index is 12.4. The van der Waals surface area contributed by atoms with E-state index in [0.29, 0.717) is 37.7 Å². The van der Waals surface area contributed by atoms with Crippen LogP contribution in [0.5, 0.6) is 0 Å². The predicted octanol–water partition coefficient (Wildman–Crippen LogP) is 3.84. The first-order valence-corrected chi connectivity index (χ1v) is 9.23. The van der Waals surface area contributed by atoms with Crippen molar-refractivity contribution in [2.45, 2.75) is 26.3 Å². The minimum Gasteiger partial charge on any atom is -0.421 e. The van der Waals surface area contributed by atoms with Gasteiger partial charge in [-0.2, -0.15) is 11.3 Å². The van der Waals surface area contributed by atoms with Gasteiger partial charge in [0.05, 0.1) is 6.54 Å². The second-order valence-electron chi connectivity index (χ2n) is 5.00. The average Bonchev–Trinajstić information content (AvgIpc) is 3.32. The molecule has 1 amide bonds. The zero-order chi connectivity index (χ0) is 16.1. The van der Waals surface area contributed by atoms with Crippen LogP contribution in [-0.2, 0) is 17.8 Å². The summed E-state index contributed by atoms with van der Waals surface area (Å²) in [6.45, 7) is 3.35. The van der Waals surface area contributed by atoms with E-state index < -0.39 is 0 Å². The SMILES string of the molecule is CCN(Cc1cccs1)C(=O)CCc1nnc(-c2ccsc2)o1. The highest BCUT2D eigenvalue weighted by molar-refractivity contribution is 7.09. The van der Waals surface area contributed by atoms with Gasteiger partial charge in [0.2, 0.25) is 17.7 Å². The van der Waals surface area contributed by atoms with Crippen molar-refractivity contribution in [3.63, 3.8) is 0 Å². The molecule has 0 aliphatic carbocycles. The fourth-order valence-electron chi connectivity index (χ4n) is 2.20. The van der Waals surface area contributed by atoms with E-state index in [-0.39, 0.29) is 5.91 Å². The van der Waals surface area contributed by atoms with Crippen molar-refractivity contribution in [3.8, 4) is 11.5 Å². The molecule has 0 unspecified atom stereocenters. The van der Waals surface area contributed by atoms with Crippen LogP contribution in [0.2, 0.25) is 0 Å². The average molecular weight is 347 g/mol. The Labute approximate surface area is 142 Å². The monoisotopic (exact) mass is 347 g/mol. The Morgan fingerprint density at radius 2 is 2.22 bits per heavy atom. The number of amides is 1. The van der Waals surface area contributed by atoms with Crippen LogP contribution in [-0.4, -0.2) is 27.5 Å². The number of rotatable bonds is 7. The molecule has 0 saturated heterocycles. The topological polar surface area (TPSA) is 59.2 Å². The first-order valence-electron chi connectivity index (χ1n) is 7.41. The van der Waals surface area contributed by atoms with E-state index in [0.717, 1.165) is 5.56 Å². The normalized spacial score (nSPS) is 10.8. The summed E-state index contributed by atoms with van der Waals surface area (Å²) >= 11 is 3.25. The van der Waals surface area contributed by atoms with Crippen molar-refractivity contribution >= 4 is 28.6 Å². The highest BCUT2D eigenvalue weighted by atomic mass is 32.1. The van der Waals surface area contributed by atoms with Gasteiger partial charge in [0.1, 0.15) is 0 Å². The Kier molecular flexibility index (Phi) is 5.19. The van der Waals surface area contributed by atoms with E-state index in [2.05, 4.69) is 10.2 Å². The number of carbonyl (C=O) groups excluding carboxylic acids is 1. The van der Waals surface area contributed by atoms with E-state index in [1.807, 2.05) is 46.2 Å². The number of aryl methyl sites for hydroxylation is 1. The lowest BCUT2D eigenvalue weighted by Crippen LogP contribution is -2.30. The lowest BCUT2D eigenvalue weighted by Gasteiger charge is -2.19. The van der Waals surface area contributed by atoms with E-state index in [1.165, 1.54) is 4.88 Å². The largest absolute Gasteiger partial charge is 0.421 e. The molecule has 3 aromatic heterocycles. The summed E-state index contributed by atoms with van der Waals surface area (Å²) < 4.78 is 5.61. The number of carbonyl (C=O) groups is 1. The molecule has 0 atom stereocenters. The van der Waals surface area contributed by atoms with Crippen molar-refractivity contribution in [3.05, 3.63) is 45.1 Å². The van der Waals surface area contributed by atoms with Crippen LogP contribution in [0.3, 0.4) is 0 Å². The van der Waals surface area contributed by atoms with E-state index >= 15 is 0 Å². The predicted molar refractivity (Wildman–Crippen MR) is 91.3 cm³/mol. The van der Waals surface area contributed by atoms with Crippen molar-refractivity contribution in [2.75, 3.05) is 6.54 Å². The molecular formula is C16H17N3O2S2. The number of nitrogens with zero attached hydrogens (tertiary/aromatic N) is 3. The summed E-state index contributed by atoms with van der Waals surface area (Å²) in [6, 6.07) is 5.99. The summed E-state index contributed by atoms with van der Waals surface area (Å²) in [5, 5.41) is 14.0. The first kappa shape index (κ1) is 15.9. The molecular weight excluding hydrogens is 330 g/mol. The third-order valence-corrected chi connectivity index (χ3v) is 4.99. The highest BCUT2D eigenvalue weighted by Gasteiger charge is 2.15. The number of thiophene rings is 2. The van der Waals surface area contributed by atoms with Crippen LogP contribution in [0, 0.1) is 0 Å². The minimum atomic E-state index is 0.108. The van der Waals surface area contributed by atoms with Crippen molar-refractivity contribution in [2.24, 2.45) is 0 Å². The maximum Gasteiger partial charge on any atom is 0.248 e. The van der Waals surface area contributed by atoms with Gasteiger partial charge in [-0.15, -0.1) is 21.5 Å². The van der Waals surface area contributed by atoms with Crippen LogP contribution >= 0.6 is 22.7 Å². The Morgan fingerprint density at radius 1 is 1.30 bits per heavy atom. The Morgan fingerprint density at radius 3 is 2.91 bits per heavy atom. The van der Waals surface area contributed by atoms with Gasteiger partial charge >= 0.3 is 0 Å². The quantitative estimate of drug-likeness (QED) is 0.651. The molecule has 7 heteroatoms. The fourth-order valence-corrected chi connectivity index (χ4v) is 3.55. The lowest BCUT2D eigenvalue weighted by atomic mass is 10.2. The molecule has 0 aliphatic heterocycles. The van der Waals surface area contributed by atoms with Gasteiger partial charge in [0.25, 0.3) is 0 Å². The molecule has 0 fully saturated rings. The first-order chi connectivity index (χ1) is 11.3. The standard InChI is InChI=1S/C16H17N3O2S2/c1-2-19(10-13-4-3-8-23-13)15(20)6-5-14-17-18-16(21-14)12-7-9-22-11-12/h3-4,7-9,11H,2,5-6,10H2,1H3. The number of hydrogen-bond acceptors (Lipinski definition) is 6. The van der Waals surface area contributed by atoms with Crippen LogP contribution in [0.15, 0.2) is 38.8 Å². The van der Waals surface area contributed by atoms with Gasteiger partial charge < -0.3 is 9.32 Å². The summed E-state index contributed by atoms with van der Waals surface area (Å²) in [4.78, 5) is 15.4. The van der Waals surface area contributed by atoms with Crippen molar-refractivity contribution < 1.29 is 9.21 Å². The smallest absolute Gasteiger partial charge is 0.248 e. The lowest BCUT2D eigenvalue weighted by molar-refractivity contribution is -0.131. The zero-order valence-corrected chi connectivity index (χ0v) is 14.4. The number of hydrogen-bond donors (Lipinski definition) is 0. The molecule has 3 rings (SSSR count). The molecule has 3 heterocycles. The Bertz CT molecular complexity index is 735. The third-order valence-electron chi connectivity index (χ3n) is 3.45. The van der Waals surface area contributed by atoms with Gasteiger partial charge in [0.15, 0.2) is 0 Å². The molecule has 120 valence electrons. The van der Waals surface area contributed by atoms with Crippen molar-refractivity contribution in [1.82, 2.24) is 15.1 Å². The Balaban J connectivity index is 1.55. The second kappa shape index (κ2) is 7.52. The molecule has 0 saturated carbocycles. The zero-order valence-electron chi connectivity index (χ0n) is 12.8. The molecule has 3 aromatic rings. The molecule has 0 aliphatic rings. The molecule has 23 heavy (non-hydrogen) atoms. The molecule has 0 bridgehead atoms. The van der Waals surface area contributed by atoms with Crippen LogP contribution in [0.4, 0.5) is 0 Å². The van der Waals surface area contributed by atoms with Gasteiger partial charge in [-0.3, -0.25) is 4.79 Å². The summed E-state index contributed by atoms with van der Waals surface area (Å²) in [6.07, 6.45) is 0.849. The highest BCUT2D eigenvalue weighted by Crippen LogP contribution is 2.21. The van der Waals surface area contributed by atoms with Gasteiger partial charge in [-0.05, 0) is 29.8 Å². The van der Waals surface area contributed by atoms with Crippen LogP contribution in [0.1, 0.15) is 24.1 Å². The van der Waals surface area contributed by atoms with Crippen LogP contribution in [0.25, 0.3) is 11.5 Å². The third kappa shape index (κ3) is 4.05.